The number of carbonyl (C=O) groups is 3. The molecule has 5 heteroatoms. The summed E-state index contributed by atoms with van der Waals surface area (Å²) in [6.45, 7) is 3.88. The van der Waals surface area contributed by atoms with E-state index in [1.54, 1.807) is 0 Å². The molecule has 0 amide bonds. The summed E-state index contributed by atoms with van der Waals surface area (Å²) < 4.78 is 0. The normalized spacial score (nSPS) is 9.80. The van der Waals surface area contributed by atoms with E-state index in [1.165, 1.54) is 27.0 Å². The fraction of sp³-hybridized carbons (Fsp3) is 0.300. The van der Waals surface area contributed by atoms with E-state index >= 15 is 0 Å². The van der Waals surface area contributed by atoms with Crippen LogP contribution in [-0.2, 0) is 0 Å². The van der Waals surface area contributed by atoms with Gasteiger partial charge in [0.25, 0.3) is 0 Å². The molecule has 0 bridgehead atoms. The summed E-state index contributed by atoms with van der Waals surface area (Å²) in [5, 5.41) is 7.10. The lowest BCUT2D eigenvalue weighted by atomic mass is 10.0. The molecule has 15 heavy (non-hydrogen) atoms. The Balaban J connectivity index is 3.56. The van der Waals surface area contributed by atoms with E-state index in [-0.39, 0.29) is 34.2 Å². The Kier molecular flexibility index (Phi) is 3.04. The highest BCUT2D eigenvalue weighted by Gasteiger charge is 2.20. The van der Waals surface area contributed by atoms with Crippen molar-refractivity contribution in [1.82, 2.24) is 10.2 Å². The standard InChI is InChI=1S/C10H10N2O3/c1-5(13)8-4-11-12-10(7(3)15)9(8)6(2)14/h4H,1-3H3. The molecule has 0 radical (unpaired) electrons. The molecule has 1 rings (SSSR count). The van der Waals surface area contributed by atoms with Crippen molar-refractivity contribution >= 4 is 17.3 Å². The highest BCUT2D eigenvalue weighted by Crippen LogP contribution is 2.13. The summed E-state index contributed by atoms with van der Waals surface area (Å²) in [6, 6.07) is 0. The maximum atomic E-state index is 11.3. The lowest BCUT2D eigenvalue weighted by Crippen LogP contribution is -2.14. The van der Waals surface area contributed by atoms with Gasteiger partial charge in [-0.15, -0.1) is 5.10 Å². The number of nitrogens with zero attached hydrogens (tertiary/aromatic N) is 2. The van der Waals surface area contributed by atoms with Crippen LogP contribution >= 0.6 is 0 Å². The van der Waals surface area contributed by atoms with Crippen molar-refractivity contribution in [3.63, 3.8) is 0 Å². The second-order valence-electron chi connectivity index (χ2n) is 3.15. The van der Waals surface area contributed by atoms with Crippen molar-refractivity contribution in [2.45, 2.75) is 20.8 Å². The molecule has 0 aliphatic carbocycles. The highest BCUT2D eigenvalue weighted by atomic mass is 16.1. The Labute approximate surface area is 86.5 Å². The lowest BCUT2D eigenvalue weighted by molar-refractivity contribution is 0.0964. The summed E-state index contributed by atoms with van der Waals surface area (Å²) in [4.78, 5) is 33.7. The molecule has 0 N–H and O–H groups in total. The topological polar surface area (TPSA) is 77.0 Å². The van der Waals surface area contributed by atoms with Gasteiger partial charge >= 0.3 is 0 Å². The van der Waals surface area contributed by atoms with Crippen LogP contribution in [0.3, 0.4) is 0 Å². The molecule has 0 spiro atoms. The SMILES string of the molecule is CC(=O)c1cnnc(C(C)=O)c1C(C)=O. The summed E-state index contributed by atoms with van der Waals surface area (Å²) in [5.41, 5.74) is 0.155. The zero-order chi connectivity index (χ0) is 11.6. The van der Waals surface area contributed by atoms with Crippen molar-refractivity contribution < 1.29 is 14.4 Å². The minimum absolute atomic E-state index is 0.0461. The third kappa shape index (κ3) is 2.12. The fourth-order valence-electron chi connectivity index (χ4n) is 1.26. The van der Waals surface area contributed by atoms with Gasteiger partial charge in [-0.3, -0.25) is 14.4 Å². The first-order valence-electron chi connectivity index (χ1n) is 4.33. The molecule has 0 aliphatic heterocycles. The Bertz CT molecular complexity index is 420. The van der Waals surface area contributed by atoms with Crippen LogP contribution in [-0.4, -0.2) is 27.5 Å². The van der Waals surface area contributed by atoms with Crippen LogP contribution < -0.4 is 0 Å². The largest absolute Gasteiger partial charge is 0.294 e. The van der Waals surface area contributed by atoms with E-state index in [4.69, 9.17) is 0 Å². The van der Waals surface area contributed by atoms with Gasteiger partial charge in [-0.2, -0.15) is 5.10 Å². The third-order valence-corrected chi connectivity index (χ3v) is 1.92. The number of hydrogen-bond donors (Lipinski definition) is 0. The molecule has 5 nitrogen and oxygen atoms in total. The van der Waals surface area contributed by atoms with Crippen LogP contribution in [0.4, 0.5) is 0 Å². The van der Waals surface area contributed by atoms with E-state index in [9.17, 15) is 14.4 Å². The monoisotopic (exact) mass is 206 g/mol. The minimum Gasteiger partial charge on any atom is -0.294 e. The summed E-state index contributed by atoms with van der Waals surface area (Å²) in [5.74, 6) is -1.05. The first kappa shape index (κ1) is 11.2. The Hall–Kier alpha value is -1.91. The van der Waals surface area contributed by atoms with E-state index in [1.807, 2.05) is 0 Å². The van der Waals surface area contributed by atoms with Crippen LogP contribution in [0.5, 0.6) is 0 Å². The van der Waals surface area contributed by atoms with Gasteiger partial charge in [0.15, 0.2) is 17.3 Å². The number of ketones is 3. The van der Waals surface area contributed by atoms with Gasteiger partial charge < -0.3 is 0 Å². The number of carbonyl (C=O) groups excluding carboxylic acids is 3. The minimum atomic E-state index is -0.379. The molecule has 0 aliphatic rings. The maximum absolute atomic E-state index is 11.3. The molecule has 0 saturated heterocycles. The van der Waals surface area contributed by atoms with Crippen molar-refractivity contribution in [2.75, 3.05) is 0 Å². The number of hydrogen-bond acceptors (Lipinski definition) is 5. The van der Waals surface area contributed by atoms with Gasteiger partial charge in [-0.1, -0.05) is 0 Å². The third-order valence-electron chi connectivity index (χ3n) is 1.92. The van der Waals surface area contributed by atoms with E-state index in [2.05, 4.69) is 10.2 Å². The van der Waals surface area contributed by atoms with Crippen LogP contribution in [0.2, 0.25) is 0 Å². The van der Waals surface area contributed by atoms with Crippen LogP contribution in [0.1, 0.15) is 52.0 Å². The quantitative estimate of drug-likeness (QED) is 0.691. The predicted octanol–water partition coefficient (Wildman–Crippen LogP) is 1.08. The smallest absolute Gasteiger partial charge is 0.180 e. The number of aromatic nitrogens is 2. The van der Waals surface area contributed by atoms with Crippen molar-refractivity contribution in [3.8, 4) is 0 Å². The molecular weight excluding hydrogens is 196 g/mol. The Morgan fingerprint density at radius 2 is 1.60 bits per heavy atom. The van der Waals surface area contributed by atoms with Crippen molar-refractivity contribution in [3.05, 3.63) is 23.0 Å². The van der Waals surface area contributed by atoms with Gasteiger partial charge in [0, 0.05) is 6.92 Å². The zero-order valence-electron chi connectivity index (χ0n) is 8.70. The van der Waals surface area contributed by atoms with Gasteiger partial charge in [-0.25, -0.2) is 0 Å². The lowest BCUT2D eigenvalue weighted by Gasteiger charge is -2.05. The fourth-order valence-corrected chi connectivity index (χ4v) is 1.26. The van der Waals surface area contributed by atoms with Crippen LogP contribution in [0, 0.1) is 0 Å². The van der Waals surface area contributed by atoms with Gasteiger partial charge in [0.1, 0.15) is 5.69 Å². The first-order chi connectivity index (χ1) is 6.95. The summed E-state index contributed by atoms with van der Waals surface area (Å²) in [7, 11) is 0. The van der Waals surface area contributed by atoms with E-state index < -0.39 is 0 Å². The predicted molar refractivity (Wildman–Crippen MR) is 52.0 cm³/mol. The molecule has 78 valence electrons. The van der Waals surface area contributed by atoms with Crippen molar-refractivity contribution in [1.29, 1.82) is 0 Å². The van der Waals surface area contributed by atoms with Crippen LogP contribution in [0.25, 0.3) is 0 Å². The van der Waals surface area contributed by atoms with Crippen LogP contribution in [0.15, 0.2) is 6.20 Å². The maximum Gasteiger partial charge on any atom is 0.180 e. The summed E-state index contributed by atoms with van der Waals surface area (Å²) in [6.07, 6.45) is 1.20. The molecule has 1 aromatic heterocycles. The van der Waals surface area contributed by atoms with Gasteiger partial charge in [0.05, 0.1) is 17.3 Å². The molecular formula is C10H10N2O3. The number of rotatable bonds is 3. The number of Topliss-reactive ketones (excluding diaryl/α,β-unsaturated/α-hetero) is 3. The molecule has 1 heterocycles. The van der Waals surface area contributed by atoms with Crippen molar-refractivity contribution in [2.24, 2.45) is 0 Å². The molecule has 0 aromatic carbocycles. The molecule has 0 atom stereocenters. The molecule has 1 aromatic rings. The molecule has 0 fully saturated rings. The second-order valence-corrected chi connectivity index (χ2v) is 3.15. The Morgan fingerprint density at radius 1 is 1.00 bits per heavy atom. The molecule has 0 unspecified atom stereocenters. The summed E-state index contributed by atoms with van der Waals surface area (Å²) >= 11 is 0. The molecule has 0 saturated carbocycles. The van der Waals surface area contributed by atoms with E-state index in [0.717, 1.165) is 0 Å². The average molecular weight is 206 g/mol. The van der Waals surface area contributed by atoms with E-state index in [0.29, 0.717) is 0 Å². The highest BCUT2D eigenvalue weighted by molar-refractivity contribution is 6.12. The zero-order valence-corrected chi connectivity index (χ0v) is 8.70. The van der Waals surface area contributed by atoms with Gasteiger partial charge in [-0.05, 0) is 13.8 Å². The Morgan fingerprint density at radius 3 is 2.00 bits per heavy atom. The first-order valence-corrected chi connectivity index (χ1v) is 4.33. The second kappa shape index (κ2) is 4.08. The van der Waals surface area contributed by atoms with Gasteiger partial charge in [0.2, 0.25) is 0 Å². The average Bonchev–Trinajstić information content (AvgIpc) is 2.16.